The maximum Gasteiger partial charge on any atom is 0.166 e. The van der Waals surface area contributed by atoms with Crippen LogP contribution < -0.4 is 9.47 Å². The minimum absolute atomic E-state index is 0.0480. The number of hydrogen-bond acceptors (Lipinski definition) is 7. The summed E-state index contributed by atoms with van der Waals surface area (Å²) < 4.78 is 23.6. The summed E-state index contributed by atoms with van der Waals surface area (Å²) in [5.74, 6) is 2.05. The highest BCUT2D eigenvalue weighted by molar-refractivity contribution is 5.99. The summed E-state index contributed by atoms with van der Waals surface area (Å²) in [6.45, 7) is 1.34. The maximum atomic E-state index is 13.0. The van der Waals surface area contributed by atoms with E-state index >= 15 is 0 Å². The highest BCUT2D eigenvalue weighted by atomic mass is 16.5. The Balaban J connectivity index is 1.33. The monoisotopic (exact) mass is 522 g/mol. The first-order valence-corrected chi connectivity index (χ1v) is 13.5. The van der Waals surface area contributed by atoms with Crippen molar-refractivity contribution in [2.45, 2.75) is 44.6 Å². The summed E-state index contributed by atoms with van der Waals surface area (Å²) in [4.78, 5) is 17.5. The zero-order valence-electron chi connectivity index (χ0n) is 21.9. The lowest BCUT2D eigenvalue weighted by Crippen LogP contribution is -2.26. The van der Waals surface area contributed by atoms with Gasteiger partial charge in [-0.2, -0.15) is 5.26 Å². The molecule has 3 heterocycles. The summed E-state index contributed by atoms with van der Waals surface area (Å²) in [6, 6.07) is 17.2. The molecule has 1 saturated carbocycles. The van der Waals surface area contributed by atoms with Gasteiger partial charge in [0.25, 0.3) is 0 Å². The van der Waals surface area contributed by atoms with Crippen LogP contribution in [0.5, 0.6) is 11.5 Å². The summed E-state index contributed by atoms with van der Waals surface area (Å²) in [5, 5.41) is 9.85. The number of benzene rings is 2. The predicted molar refractivity (Wildman–Crippen MR) is 147 cm³/mol. The van der Waals surface area contributed by atoms with E-state index in [0.29, 0.717) is 52.7 Å². The number of hydrogen-bond donors (Lipinski definition) is 0. The van der Waals surface area contributed by atoms with E-state index in [2.05, 4.69) is 11.1 Å². The SMILES string of the molecule is COc1cc(C(=O)C2CCCC2)ccc1-c1cc2nccc(-c3ccc(OC4CCOCC4)c(C#N)c3)c2o1. The first-order chi connectivity index (χ1) is 19.1. The van der Waals surface area contributed by atoms with Crippen molar-refractivity contribution in [2.24, 2.45) is 5.92 Å². The van der Waals surface area contributed by atoms with Crippen LogP contribution in [0.4, 0.5) is 0 Å². The Labute approximate surface area is 227 Å². The molecular formula is C32H30N2O5. The number of carbonyl (C=O) groups is 1. The largest absolute Gasteiger partial charge is 0.496 e. The van der Waals surface area contributed by atoms with Gasteiger partial charge in [0.1, 0.15) is 34.9 Å². The van der Waals surface area contributed by atoms with Crippen LogP contribution in [-0.4, -0.2) is 37.2 Å². The normalized spacial score (nSPS) is 16.3. The zero-order chi connectivity index (χ0) is 26.8. The van der Waals surface area contributed by atoms with Crippen molar-refractivity contribution in [3.63, 3.8) is 0 Å². The van der Waals surface area contributed by atoms with Crippen molar-refractivity contribution >= 4 is 16.9 Å². The molecule has 7 heteroatoms. The van der Waals surface area contributed by atoms with Gasteiger partial charge < -0.3 is 18.6 Å². The number of aromatic nitrogens is 1. The van der Waals surface area contributed by atoms with E-state index < -0.39 is 0 Å². The molecule has 7 nitrogen and oxygen atoms in total. The van der Waals surface area contributed by atoms with Crippen LogP contribution in [0.25, 0.3) is 33.6 Å². The second kappa shape index (κ2) is 10.9. The van der Waals surface area contributed by atoms with E-state index in [0.717, 1.165) is 55.2 Å². The lowest BCUT2D eigenvalue weighted by molar-refractivity contribution is 0.0254. The highest BCUT2D eigenvalue weighted by Crippen LogP contribution is 2.39. The lowest BCUT2D eigenvalue weighted by Gasteiger charge is -2.23. The van der Waals surface area contributed by atoms with Crippen molar-refractivity contribution < 1.29 is 23.4 Å². The fourth-order valence-corrected chi connectivity index (χ4v) is 5.63. The standard InChI is InChI=1S/C32H30N2O5/c1-36-29-17-22(31(35)20-4-2-3-5-20)6-8-26(29)30-18-27-32(39-30)25(10-13-34-27)21-7-9-28(23(16-21)19-33)38-24-11-14-37-15-12-24/h6-10,13,16-18,20,24H,2-5,11-12,14-15H2,1H3. The van der Waals surface area contributed by atoms with Crippen LogP contribution in [0.15, 0.2) is 59.1 Å². The fraction of sp³-hybridized carbons (Fsp3) is 0.344. The van der Waals surface area contributed by atoms with E-state index in [1.165, 1.54) is 0 Å². The smallest absolute Gasteiger partial charge is 0.166 e. The molecule has 2 fully saturated rings. The fourth-order valence-electron chi connectivity index (χ4n) is 5.63. The molecule has 0 spiro atoms. The van der Waals surface area contributed by atoms with Gasteiger partial charge in [-0.25, -0.2) is 0 Å². The van der Waals surface area contributed by atoms with Gasteiger partial charge in [0.05, 0.1) is 31.5 Å². The molecule has 0 bridgehead atoms. The number of methoxy groups -OCH3 is 1. The van der Waals surface area contributed by atoms with Gasteiger partial charge in [0.15, 0.2) is 11.4 Å². The zero-order valence-corrected chi connectivity index (χ0v) is 21.9. The lowest BCUT2D eigenvalue weighted by atomic mass is 9.95. The van der Waals surface area contributed by atoms with Gasteiger partial charge in [-0.15, -0.1) is 0 Å². The number of nitrogens with zero attached hydrogens (tertiary/aromatic N) is 2. The summed E-state index contributed by atoms with van der Waals surface area (Å²) in [5.41, 5.74) is 4.86. The number of Topliss-reactive ketones (excluding diaryl/α,β-unsaturated/α-hetero) is 1. The number of ketones is 1. The highest BCUT2D eigenvalue weighted by Gasteiger charge is 2.25. The first kappa shape index (κ1) is 25.1. The Morgan fingerprint density at radius 3 is 2.56 bits per heavy atom. The molecule has 2 aromatic carbocycles. The molecule has 0 atom stereocenters. The Morgan fingerprint density at radius 2 is 1.79 bits per heavy atom. The van der Waals surface area contributed by atoms with Crippen LogP contribution in [0.2, 0.25) is 0 Å². The van der Waals surface area contributed by atoms with Crippen LogP contribution >= 0.6 is 0 Å². The minimum atomic E-state index is 0.0480. The topological polar surface area (TPSA) is 94.6 Å². The number of carbonyl (C=O) groups excluding carboxylic acids is 1. The van der Waals surface area contributed by atoms with Gasteiger partial charge >= 0.3 is 0 Å². The van der Waals surface area contributed by atoms with Gasteiger partial charge in [0.2, 0.25) is 0 Å². The van der Waals surface area contributed by atoms with Crippen molar-refractivity contribution in [3.05, 3.63) is 65.9 Å². The Hall–Kier alpha value is -4.15. The van der Waals surface area contributed by atoms with Crippen LogP contribution in [0, 0.1) is 17.2 Å². The van der Waals surface area contributed by atoms with Crippen molar-refractivity contribution in [1.29, 1.82) is 5.26 Å². The number of furan rings is 1. The number of fused-ring (bicyclic) bond motifs is 1. The third kappa shape index (κ3) is 5.00. The van der Waals surface area contributed by atoms with Crippen molar-refractivity contribution in [2.75, 3.05) is 20.3 Å². The molecule has 1 aliphatic carbocycles. The van der Waals surface area contributed by atoms with Crippen LogP contribution in [0.3, 0.4) is 0 Å². The summed E-state index contributed by atoms with van der Waals surface area (Å²) in [6.07, 6.45) is 7.54. The molecule has 2 aliphatic rings. The van der Waals surface area contributed by atoms with E-state index in [4.69, 9.17) is 18.6 Å². The Morgan fingerprint density at radius 1 is 0.974 bits per heavy atom. The van der Waals surface area contributed by atoms with E-state index in [1.807, 2.05) is 48.5 Å². The molecule has 4 aromatic rings. The molecule has 39 heavy (non-hydrogen) atoms. The van der Waals surface area contributed by atoms with E-state index in [1.54, 1.807) is 13.3 Å². The molecule has 0 amide bonds. The van der Waals surface area contributed by atoms with Gasteiger partial charge in [-0.3, -0.25) is 9.78 Å². The van der Waals surface area contributed by atoms with Crippen molar-refractivity contribution in [1.82, 2.24) is 4.98 Å². The van der Waals surface area contributed by atoms with E-state index in [9.17, 15) is 10.1 Å². The Kier molecular flexibility index (Phi) is 7.04. The molecule has 1 saturated heterocycles. The first-order valence-electron chi connectivity index (χ1n) is 13.5. The minimum Gasteiger partial charge on any atom is -0.496 e. The van der Waals surface area contributed by atoms with Gasteiger partial charge in [-0.1, -0.05) is 25.0 Å². The maximum absolute atomic E-state index is 13.0. The number of rotatable bonds is 7. The quantitative estimate of drug-likeness (QED) is 0.242. The van der Waals surface area contributed by atoms with Crippen molar-refractivity contribution in [3.8, 4) is 40.0 Å². The number of pyridine rings is 1. The number of nitriles is 1. The molecule has 0 radical (unpaired) electrons. The predicted octanol–water partition coefficient (Wildman–Crippen LogP) is 6.97. The molecule has 6 rings (SSSR count). The second-order valence-electron chi connectivity index (χ2n) is 10.2. The molecule has 2 aromatic heterocycles. The van der Waals surface area contributed by atoms with Gasteiger partial charge in [-0.05, 0) is 48.7 Å². The summed E-state index contributed by atoms with van der Waals surface area (Å²) >= 11 is 0. The average molecular weight is 523 g/mol. The molecule has 0 N–H and O–H groups in total. The third-order valence-corrected chi connectivity index (χ3v) is 7.76. The Bertz CT molecular complexity index is 1550. The average Bonchev–Trinajstić information content (AvgIpc) is 3.68. The molecular weight excluding hydrogens is 492 g/mol. The molecule has 198 valence electrons. The molecule has 1 aliphatic heterocycles. The summed E-state index contributed by atoms with van der Waals surface area (Å²) in [7, 11) is 1.60. The third-order valence-electron chi connectivity index (χ3n) is 7.76. The number of ether oxygens (including phenoxy) is 3. The molecule has 0 unspecified atom stereocenters. The van der Waals surface area contributed by atoms with Crippen LogP contribution in [0.1, 0.15) is 54.4 Å². The second-order valence-corrected chi connectivity index (χ2v) is 10.2. The van der Waals surface area contributed by atoms with E-state index in [-0.39, 0.29) is 17.8 Å². The van der Waals surface area contributed by atoms with Gasteiger partial charge in [0, 0.05) is 42.1 Å². The van der Waals surface area contributed by atoms with Crippen LogP contribution in [-0.2, 0) is 4.74 Å².